The molecule has 1 fully saturated rings. The molecule has 1 aliphatic rings. The van der Waals surface area contributed by atoms with Crippen molar-refractivity contribution in [3.05, 3.63) is 35.1 Å². The number of benzene rings is 1. The van der Waals surface area contributed by atoms with Crippen molar-refractivity contribution in [3.63, 3.8) is 0 Å². The van der Waals surface area contributed by atoms with Gasteiger partial charge in [0.15, 0.2) is 0 Å². The Morgan fingerprint density at radius 1 is 1.20 bits per heavy atom. The first kappa shape index (κ1) is 13.7. The average Bonchev–Trinajstić information content (AvgIpc) is 2.82. The molecular weight excluding hydrogens is 250 g/mol. The Balaban J connectivity index is 1.60. The van der Waals surface area contributed by atoms with Gasteiger partial charge >= 0.3 is 0 Å². The molecule has 3 nitrogen and oxygen atoms in total. The number of furan rings is 1. The number of fused-ring (bicyclic) bond motifs is 1. The van der Waals surface area contributed by atoms with Crippen molar-refractivity contribution < 1.29 is 9.15 Å². The Morgan fingerprint density at radius 3 is 2.85 bits per heavy atom. The van der Waals surface area contributed by atoms with Gasteiger partial charge in [-0.1, -0.05) is 0 Å². The van der Waals surface area contributed by atoms with Crippen LogP contribution in [0.25, 0.3) is 11.0 Å². The zero-order valence-corrected chi connectivity index (χ0v) is 12.4. The van der Waals surface area contributed by atoms with E-state index in [1.807, 2.05) is 0 Å². The molecule has 108 valence electrons. The lowest BCUT2D eigenvalue weighted by molar-refractivity contribution is 0.0546. The van der Waals surface area contributed by atoms with Crippen LogP contribution in [-0.2, 0) is 11.3 Å². The predicted molar refractivity (Wildman–Crippen MR) is 80.9 cm³/mol. The quantitative estimate of drug-likeness (QED) is 0.925. The summed E-state index contributed by atoms with van der Waals surface area (Å²) in [6.07, 6.45) is 2.46. The number of ether oxygens (including phenoxy) is 1. The number of hydrogen-bond acceptors (Lipinski definition) is 3. The van der Waals surface area contributed by atoms with Crippen molar-refractivity contribution in [3.8, 4) is 0 Å². The van der Waals surface area contributed by atoms with E-state index < -0.39 is 0 Å². The van der Waals surface area contributed by atoms with E-state index in [9.17, 15) is 0 Å². The van der Waals surface area contributed by atoms with Crippen LogP contribution in [0.15, 0.2) is 22.6 Å². The highest BCUT2D eigenvalue weighted by Crippen LogP contribution is 2.23. The molecule has 1 atom stereocenters. The Labute approximate surface area is 120 Å². The standard InChI is InChI=1S/C17H23NO2/c1-12-6-15-8-16(20-17(15)7-13(12)2)10-18-9-14-4-3-5-19-11-14/h6-8,14,18H,3-5,9-11H2,1-2H3. The van der Waals surface area contributed by atoms with Crippen molar-refractivity contribution in [1.82, 2.24) is 5.32 Å². The Morgan fingerprint density at radius 2 is 2.05 bits per heavy atom. The minimum atomic E-state index is 0.651. The van der Waals surface area contributed by atoms with Crippen molar-refractivity contribution in [2.24, 2.45) is 5.92 Å². The SMILES string of the molecule is Cc1cc2cc(CNCC3CCCOC3)oc2cc1C. The molecule has 2 aromatic rings. The maximum atomic E-state index is 5.90. The molecule has 1 aromatic heterocycles. The lowest BCUT2D eigenvalue weighted by Crippen LogP contribution is -2.28. The van der Waals surface area contributed by atoms with E-state index in [1.54, 1.807) is 0 Å². The van der Waals surface area contributed by atoms with Crippen LogP contribution in [0.2, 0.25) is 0 Å². The van der Waals surface area contributed by atoms with E-state index in [4.69, 9.17) is 9.15 Å². The molecule has 3 rings (SSSR count). The number of rotatable bonds is 4. The predicted octanol–water partition coefficient (Wildman–Crippen LogP) is 3.57. The van der Waals surface area contributed by atoms with E-state index >= 15 is 0 Å². The molecule has 0 amide bonds. The summed E-state index contributed by atoms with van der Waals surface area (Å²) in [4.78, 5) is 0. The second-order valence-corrected chi connectivity index (χ2v) is 5.90. The normalized spacial score (nSPS) is 19.6. The maximum Gasteiger partial charge on any atom is 0.134 e. The van der Waals surface area contributed by atoms with Crippen LogP contribution in [0.1, 0.15) is 29.7 Å². The zero-order chi connectivity index (χ0) is 13.9. The summed E-state index contributed by atoms with van der Waals surface area (Å²) >= 11 is 0. The van der Waals surface area contributed by atoms with E-state index in [-0.39, 0.29) is 0 Å². The second kappa shape index (κ2) is 5.98. The van der Waals surface area contributed by atoms with Crippen molar-refractivity contribution in [2.45, 2.75) is 33.2 Å². The van der Waals surface area contributed by atoms with E-state index in [2.05, 4.69) is 37.4 Å². The lowest BCUT2D eigenvalue weighted by Gasteiger charge is -2.21. The molecule has 0 spiro atoms. The summed E-state index contributed by atoms with van der Waals surface area (Å²) in [5.74, 6) is 1.67. The van der Waals surface area contributed by atoms with Crippen LogP contribution < -0.4 is 5.32 Å². The van der Waals surface area contributed by atoms with Crippen LogP contribution >= 0.6 is 0 Å². The summed E-state index contributed by atoms with van der Waals surface area (Å²) in [5.41, 5.74) is 3.59. The largest absolute Gasteiger partial charge is 0.460 e. The van der Waals surface area contributed by atoms with Crippen molar-refractivity contribution >= 4 is 11.0 Å². The summed E-state index contributed by atoms with van der Waals surface area (Å²) in [5, 5.41) is 4.69. The van der Waals surface area contributed by atoms with Gasteiger partial charge in [0, 0.05) is 18.5 Å². The number of hydrogen-bond donors (Lipinski definition) is 1. The molecular formula is C17H23NO2. The fourth-order valence-electron chi connectivity index (χ4n) is 2.81. The molecule has 2 heterocycles. The van der Waals surface area contributed by atoms with Crippen LogP contribution in [0.5, 0.6) is 0 Å². The van der Waals surface area contributed by atoms with Crippen molar-refractivity contribution in [1.29, 1.82) is 0 Å². The van der Waals surface area contributed by atoms with Gasteiger partial charge < -0.3 is 14.5 Å². The summed E-state index contributed by atoms with van der Waals surface area (Å²) in [7, 11) is 0. The Bertz CT molecular complexity index is 543. The van der Waals surface area contributed by atoms with Crippen LogP contribution in [-0.4, -0.2) is 19.8 Å². The molecule has 20 heavy (non-hydrogen) atoms. The number of aryl methyl sites for hydroxylation is 2. The zero-order valence-electron chi connectivity index (χ0n) is 12.4. The molecule has 0 radical (unpaired) electrons. The van der Waals surface area contributed by atoms with Crippen LogP contribution in [0.3, 0.4) is 0 Å². The molecule has 1 aromatic carbocycles. The molecule has 1 aliphatic heterocycles. The highest BCUT2D eigenvalue weighted by atomic mass is 16.5. The Hall–Kier alpha value is -1.32. The third-order valence-corrected chi connectivity index (χ3v) is 4.17. The van der Waals surface area contributed by atoms with Gasteiger partial charge in [0.25, 0.3) is 0 Å². The summed E-state index contributed by atoms with van der Waals surface area (Å²) < 4.78 is 11.4. The van der Waals surface area contributed by atoms with Gasteiger partial charge in [-0.15, -0.1) is 0 Å². The topological polar surface area (TPSA) is 34.4 Å². The fourth-order valence-corrected chi connectivity index (χ4v) is 2.81. The highest BCUT2D eigenvalue weighted by Gasteiger charge is 2.13. The first-order chi connectivity index (χ1) is 9.72. The molecule has 3 heteroatoms. The molecule has 0 bridgehead atoms. The smallest absolute Gasteiger partial charge is 0.134 e. The van der Waals surface area contributed by atoms with Gasteiger partial charge in [0.05, 0.1) is 13.2 Å². The van der Waals surface area contributed by atoms with Gasteiger partial charge in [-0.05, 0) is 61.9 Å². The maximum absolute atomic E-state index is 5.90. The molecule has 1 N–H and O–H groups in total. The highest BCUT2D eigenvalue weighted by molar-refractivity contribution is 5.79. The van der Waals surface area contributed by atoms with E-state index in [0.29, 0.717) is 5.92 Å². The van der Waals surface area contributed by atoms with Gasteiger partial charge in [-0.25, -0.2) is 0 Å². The monoisotopic (exact) mass is 273 g/mol. The van der Waals surface area contributed by atoms with Crippen LogP contribution in [0, 0.1) is 19.8 Å². The van der Waals surface area contributed by atoms with Gasteiger partial charge in [0.1, 0.15) is 11.3 Å². The van der Waals surface area contributed by atoms with Gasteiger partial charge in [0.2, 0.25) is 0 Å². The first-order valence-electron chi connectivity index (χ1n) is 7.50. The third kappa shape index (κ3) is 3.05. The summed E-state index contributed by atoms with van der Waals surface area (Å²) in [6.45, 7) is 7.89. The molecule has 0 aliphatic carbocycles. The van der Waals surface area contributed by atoms with Crippen molar-refractivity contribution in [2.75, 3.05) is 19.8 Å². The molecule has 1 saturated heterocycles. The number of nitrogens with one attached hydrogen (secondary N) is 1. The first-order valence-corrected chi connectivity index (χ1v) is 7.50. The van der Waals surface area contributed by atoms with E-state index in [1.165, 1.54) is 29.4 Å². The van der Waals surface area contributed by atoms with Gasteiger partial charge in [-0.2, -0.15) is 0 Å². The third-order valence-electron chi connectivity index (χ3n) is 4.17. The van der Waals surface area contributed by atoms with Crippen LogP contribution in [0.4, 0.5) is 0 Å². The minimum absolute atomic E-state index is 0.651. The van der Waals surface area contributed by atoms with Gasteiger partial charge in [-0.3, -0.25) is 0 Å². The molecule has 0 saturated carbocycles. The Kier molecular flexibility index (Phi) is 4.08. The second-order valence-electron chi connectivity index (χ2n) is 5.90. The summed E-state index contributed by atoms with van der Waals surface area (Å²) in [6, 6.07) is 6.47. The average molecular weight is 273 g/mol. The fraction of sp³-hybridized carbons (Fsp3) is 0.529. The van der Waals surface area contributed by atoms with E-state index in [0.717, 1.165) is 37.6 Å². The minimum Gasteiger partial charge on any atom is -0.460 e. The molecule has 1 unspecified atom stereocenters. The lowest BCUT2D eigenvalue weighted by atomic mass is 10.0.